The number of nitrogens with zero attached hydrogens (tertiary/aromatic N) is 2. The quantitative estimate of drug-likeness (QED) is 0.518. The predicted octanol–water partition coefficient (Wildman–Crippen LogP) is 2.70. The van der Waals surface area contributed by atoms with Crippen LogP contribution in [0.4, 0.5) is 11.4 Å². The highest BCUT2D eigenvalue weighted by Crippen LogP contribution is 2.31. The standard InChI is InChI=1S/C15H22ClN3O2S/c1-22(20,21)14-7-6-12(18-15(17)11-16)10-13(14)19-8-4-2-3-5-9-19/h6-7,10H,2-5,8-9,11H2,1H3,(H2,17,18). The minimum Gasteiger partial charge on any atom is -0.386 e. The van der Waals surface area contributed by atoms with Crippen LogP contribution in [0.15, 0.2) is 28.1 Å². The highest BCUT2D eigenvalue weighted by atomic mass is 35.5. The van der Waals surface area contributed by atoms with Gasteiger partial charge in [-0.25, -0.2) is 13.4 Å². The van der Waals surface area contributed by atoms with E-state index in [0.29, 0.717) is 22.1 Å². The van der Waals surface area contributed by atoms with E-state index in [1.807, 2.05) is 0 Å². The lowest BCUT2D eigenvalue weighted by Crippen LogP contribution is -2.25. The molecule has 0 spiro atoms. The number of alkyl halides is 1. The van der Waals surface area contributed by atoms with Crippen LogP contribution in [0.1, 0.15) is 25.7 Å². The Morgan fingerprint density at radius 2 is 1.91 bits per heavy atom. The first kappa shape index (κ1) is 17.1. The molecule has 22 heavy (non-hydrogen) atoms. The molecule has 0 aliphatic carbocycles. The molecule has 0 radical (unpaired) electrons. The first-order chi connectivity index (χ1) is 10.4. The number of halogens is 1. The molecule has 2 rings (SSSR count). The molecule has 0 aromatic heterocycles. The largest absolute Gasteiger partial charge is 0.386 e. The summed E-state index contributed by atoms with van der Waals surface area (Å²) in [7, 11) is -3.29. The summed E-state index contributed by atoms with van der Waals surface area (Å²) in [5.74, 6) is 0.461. The summed E-state index contributed by atoms with van der Waals surface area (Å²) in [6.07, 6.45) is 5.74. The molecule has 0 atom stereocenters. The van der Waals surface area contributed by atoms with Crippen LogP contribution in [-0.2, 0) is 9.84 Å². The van der Waals surface area contributed by atoms with Crippen molar-refractivity contribution in [3.8, 4) is 0 Å². The molecular weight excluding hydrogens is 322 g/mol. The number of hydrogen-bond acceptors (Lipinski definition) is 4. The van der Waals surface area contributed by atoms with Gasteiger partial charge in [-0.05, 0) is 31.0 Å². The highest BCUT2D eigenvalue weighted by Gasteiger charge is 2.20. The molecule has 1 saturated heterocycles. The molecule has 122 valence electrons. The summed E-state index contributed by atoms with van der Waals surface area (Å²) < 4.78 is 24.1. The third-order valence-electron chi connectivity index (χ3n) is 3.70. The third-order valence-corrected chi connectivity index (χ3v) is 5.12. The molecule has 5 nitrogen and oxygen atoms in total. The molecule has 0 bridgehead atoms. The normalized spacial score (nSPS) is 17.4. The molecular formula is C15H22ClN3O2S. The van der Waals surface area contributed by atoms with E-state index in [9.17, 15) is 8.42 Å². The van der Waals surface area contributed by atoms with Crippen molar-refractivity contribution in [3.63, 3.8) is 0 Å². The number of aliphatic imine (C=N–C) groups is 1. The van der Waals surface area contributed by atoms with E-state index in [1.54, 1.807) is 18.2 Å². The summed E-state index contributed by atoms with van der Waals surface area (Å²) in [6, 6.07) is 5.06. The maximum Gasteiger partial charge on any atom is 0.177 e. The lowest BCUT2D eigenvalue weighted by molar-refractivity contribution is 0.601. The van der Waals surface area contributed by atoms with Crippen molar-refractivity contribution in [1.29, 1.82) is 0 Å². The summed E-state index contributed by atoms with van der Waals surface area (Å²) in [6.45, 7) is 1.72. The van der Waals surface area contributed by atoms with Crippen molar-refractivity contribution >= 4 is 38.6 Å². The van der Waals surface area contributed by atoms with Crippen LogP contribution in [0.2, 0.25) is 0 Å². The van der Waals surface area contributed by atoms with Gasteiger partial charge in [-0.15, -0.1) is 11.6 Å². The van der Waals surface area contributed by atoms with Gasteiger partial charge in [0.15, 0.2) is 9.84 Å². The van der Waals surface area contributed by atoms with E-state index >= 15 is 0 Å². The smallest absolute Gasteiger partial charge is 0.177 e. The average molecular weight is 344 g/mol. The predicted molar refractivity (Wildman–Crippen MR) is 92.2 cm³/mol. The van der Waals surface area contributed by atoms with Gasteiger partial charge in [0.1, 0.15) is 5.84 Å². The number of sulfone groups is 1. The van der Waals surface area contributed by atoms with E-state index in [2.05, 4.69) is 9.89 Å². The number of rotatable bonds is 4. The van der Waals surface area contributed by atoms with E-state index in [4.69, 9.17) is 17.3 Å². The second-order valence-electron chi connectivity index (χ2n) is 5.56. The maximum absolute atomic E-state index is 12.1. The van der Waals surface area contributed by atoms with Gasteiger partial charge in [0.05, 0.1) is 22.2 Å². The number of hydrogen-bond donors (Lipinski definition) is 1. The molecule has 1 aliphatic heterocycles. The first-order valence-corrected chi connectivity index (χ1v) is 9.82. The van der Waals surface area contributed by atoms with Gasteiger partial charge in [0.2, 0.25) is 0 Å². The summed E-state index contributed by atoms with van der Waals surface area (Å²) in [5, 5.41) is 0. The van der Waals surface area contributed by atoms with E-state index in [1.165, 1.54) is 19.1 Å². The van der Waals surface area contributed by atoms with Crippen LogP contribution in [0, 0.1) is 0 Å². The van der Waals surface area contributed by atoms with E-state index in [0.717, 1.165) is 25.9 Å². The molecule has 1 aromatic carbocycles. The maximum atomic E-state index is 12.1. The van der Waals surface area contributed by atoms with Crippen LogP contribution >= 0.6 is 11.6 Å². The van der Waals surface area contributed by atoms with Crippen molar-refractivity contribution in [2.75, 3.05) is 30.1 Å². The van der Waals surface area contributed by atoms with Crippen LogP contribution in [0.5, 0.6) is 0 Å². The number of anilines is 1. The Hall–Kier alpha value is -1.27. The lowest BCUT2D eigenvalue weighted by atomic mass is 10.2. The van der Waals surface area contributed by atoms with Crippen molar-refractivity contribution in [2.45, 2.75) is 30.6 Å². The Morgan fingerprint density at radius 1 is 1.27 bits per heavy atom. The Labute approximate surface area is 137 Å². The van der Waals surface area contributed by atoms with Crippen LogP contribution in [-0.4, -0.2) is 39.5 Å². The van der Waals surface area contributed by atoms with Gasteiger partial charge in [0.25, 0.3) is 0 Å². The zero-order valence-electron chi connectivity index (χ0n) is 12.8. The van der Waals surface area contributed by atoms with Crippen LogP contribution in [0.25, 0.3) is 0 Å². The molecule has 0 amide bonds. The second-order valence-corrected chi connectivity index (χ2v) is 7.81. The molecule has 0 saturated carbocycles. The van der Waals surface area contributed by atoms with Gasteiger partial charge in [-0.2, -0.15) is 0 Å². The number of benzene rings is 1. The number of amidine groups is 1. The zero-order chi connectivity index (χ0) is 16.2. The minimum absolute atomic E-state index is 0.146. The monoisotopic (exact) mass is 343 g/mol. The lowest BCUT2D eigenvalue weighted by Gasteiger charge is -2.25. The Bertz CT molecular complexity index is 651. The zero-order valence-corrected chi connectivity index (χ0v) is 14.3. The highest BCUT2D eigenvalue weighted by molar-refractivity contribution is 7.90. The number of nitrogens with two attached hydrogens (primary N) is 1. The molecule has 7 heteroatoms. The Kier molecular flexibility index (Phi) is 5.69. The fourth-order valence-electron chi connectivity index (χ4n) is 2.64. The fourth-order valence-corrected chi connectivity index (χ4v) is 3.59. The van der Waals surface area contributed by atoms with Gasteiger partial charge in [-0.3, -0.25) is 0 Å². The Morgan fingerprint density at radius 3 is 2.45 bits per heavy atom. The SMILES string of the molecule is CS(=O)(=O)c1ccc(N=C(N)CCl)cc1N1CCCCCC1. The van der Waals surface area contributed by atoms with Crippen LogP contribution in [0.3, 0.4) is 0 Å². The Balaban J connectivity index is 2.48. The molecule has 0 unspecified atom stereocenters. The van der Waals surface area contributed by atoms with Crippen molar-refractivity contribution in [3.05, 3.63) is 18.2 Å². The molecule has 1 heterocycles. The third kappa shape index (κ3) is 4.36. The first-order valence-electron chi connectivity index (χ1n) is 7.40. The van der Waals surface area contributed by atoms with Gasteiger partial charge < -0.3 is 10.6 Å². The summed E-state index contributed by atoms with van der Waals surface area (Å²) >= 11 is 5.65. The van der Waals surface area contributed by atoms with Crippen LogP contribution < -0.4 is 10.6 Å². The molecule has 1 aromatic rings. The van der Waals surface area contributed by atoms with Crippen molar-refractivity contribution < 1.29 is 8.42 Å². The van der Waals surface area contributed by atoms with E-state index in [-0.39, 0.29) is 5.88 Å². The summed E-state index contributed by atoms with van der Waals surface area (Å²) in [4.78, 5) is 6.70. The molecule has 2 N–H and O–H groups in total. The minimum atomic E-state index is -3.29. The molecule has 1 aliphatic rings. The average Bonchev–Trinajstić information content (AvgIpc) is 2.75. The van der Waals surface area contributed by atoms with Crippen molar-refractivity contribution in [2.24, 2.45) is 10.7 Å². The second kappa shape index (κ2) is 7.33. The summed E-state index contributed by atoms with van der Waals surface area (Å²) in [5.41, 5.74) is 7.01. The van der Waals surface area contributed by atoms with Crippen molar-refractivity contribution in [1.82, 2.24) is 0 Å². The molecule has 1 fully saturated rings. The van der Waals surface area contributed by atoms with E-state index < -0.39 is 9.84 Å². The topological polar surface area (TPSA) is 75.8 Å². The van der Waals surface area contributed by atoms with Gasteiger partial charge >= 0.3 is 0 Å². The van der Waals surface area contributed by atoms with Gasteiger partial charge in [-0.1, -0.05) is 12.8 Å². The fraction of sp³-hybridized carbons (Fsp3) is 0.533. The van der Waals surface area contributed by atoms with Gasteiger partial charge in [0, 0.05) is 19.3 Å².